The Kier molecular flexibility index (Phi) is 7.10. The molecular formula is C20H31NO2. The van der Waals surface area contributed by atoms with Crippen molar-refractivity contribution in [2.75, 3.05) is 26.3 Å². The maximum atomic E-state index is 12.4. The molecule has 0 spiro atoms. The molecule has 1 aromatic rings. The second-order valence-corrected chi connectivity index (χ2v) is 6.78. The van der Waals surface area contributed by atoms with Crippen LogP contribution in [-0.4, -0.2) is 37.1 Å². The van der Waals surface area contributed by atoms with Crippen molar-refractivity contribution in [3.05, 3.63) is 34.9 Å². The molecule has 3 nitrogen and oxygen atoms in total. The van der Waals surface area contributed by atoms with Gasteiger partial charge in [0.25, 0.3) is 0 Å². The molecule has 0 N–H and O–H groups in total. The summed E-state index contributed by atoms with van der Waals surface area (Å²) in [5.41, 5.74) is 4.01. The van der Waals surface area contributed by atoms with Crippen LogP contribution in [0.15, 0.2) is 18.2 Å². The Morgan fingerprint density at radius 3 is 2.87 bits per heavy atom. The van der Waals surface area contributed by atoms with Gasteiger partial charge in [0.05, 0.1) is 6.61 Å². The monoisotopic (exact) mass is 317 g/mol. The summed E-state index contributed by atoms with van der Waals surface area (Å²) in [6.07, 6.45) is 4.89. The van der Waals surface area contributed by atoms with E-state index < -0.39 is 0 Å². The largest absolute Gasteiger partial charge is 0.381 e. The first-order chi connectivity index (χ1) is 11.1. The van der Waals surface area contributed by atoms with Crippen molar-refractivity contribution in [1.82, 2.24) is 4.90 Å². The molecule has 1 aromatic carbocycles. The van der Waals surface area contributed by atoms with Gasteiger partial charge in [-0.15, -0.1) is 0 Å². The van der Waals surface area contributed by atoms with Crippen LogP contribution in [0.1, 0.15) is 49.3 Å². The molecule has 0 bridgehead atoms. The van der Waals surface area contributed by atoms with Crippen molar-refractivity contribution in [2.24, 2.45) is 5.92 Å². The van der Waals surface area contributed by atoms with Gasteiger partial charge in [0.15, 0.2) is 0 Å². The fourth-order valence-electron chi connectivity index (χ4n) is 3.27. The van der Waals surface area contributed by atoms with E-state index in [4.69, 9.17) is 4.74 Å². The topological polar surface area (TPSA) is 29.5 Å². The summed E-state index contributed by atoms with van der Waals surface area (Å²) in [4.78, 5) is 14.5. The van der Waals surface area contributed by atoms with Crippen molar-refractivity contribution in [3.8, 4) is 0 Å². The summed E-state index contributed by atoms with van der Waals surface area (Å²) in [6.45, 7) is 9.67. The number of likely N-dealkylation sites (tertiary alicyclic amines) is 1. The maximum absolute atomic E-state index is 12.4. The van der Waals surface area contributed by atoms with Crippen molar-refractivity contribution in [1.29, 1.82) is 0 Å². The molecule has 3 heteroatoms. The lowest BCUT2D eigenvalue weighted by atomic mass is 9.98. The average molecular weight is 317 g/mol. The van der Waals surface area contributed by atoms with Crippen molar-refractivity contribution in [3.63, 3.8) is 0 Å². The average Bonchev–Trinajstić information content (AvgIpc) is 2.56. The number of hydrogen-bond donors (Lipinski definition) is 0. The summed E-state index contributed by atoms with van der Waals surface area (Å²) >= 11 is 0. The fraction of sp³-hybridized carbons (Fsp3) is 0.650. The van der Waals surface area contributed by atoms with Crippen LogP contribution in [0.3, 0.4) is 0 Å². The molecule has 128 valence electrons. The van der Waals surface area contributed by atoms with Crippen LogP contribution in [0.2, 0.25) is 0 Å². The molecule has 1 unspecified atom stereocenters. The number of nitrogens with zero attached hydrogens (tertiary/aromatic N) is 1. The predicted octanol–water partition coefficient (Wildman–Crippen LogP) is 3.90. The highest BCUT2D eigenvalue weighted by molar-refractivity contribution is 5.76. The Bertz CT molecular complexity index is 512. The lowest BCUT2D eigenvalue weighted by Gasteiger charge is -2.32. The standard InChI is InChI=1S/C20H31NO2/c1-4-23-15-19-8-6-12-21(14-19)20(22)9-5-7-18-11-10-16(2)17(3)13-18/h10-11,13,19H,4-9,12,14-15H2,1-3H3. The summed E-state index contributed by atoms with van der Waals surface area (Å²) in [7, 11) is 0. The van der Waals surface area contributed by atoms with Crippen molar-refractivity contribution < 1.29 is 9.53 Å². The second-order valence-electron chi connectivity index (χ2n) is 6.78. The van der Waals surface area contributed by atoms with E-state index in [1.165, 1.54) is 23.1 Å². The molecule has 1 heterocycles. The molecular weight excluding hydrogens is 286 g/mol. The van der Waals surface area contributed by atoms with Gasteiger partial charge in [-0.1, -0.05) is 18.2 Å². The summed E-state index contributed by atoms with van der Waals surface area (Å²) < 4.78 is 5.52. The molecule has 1 atom stereocenters. The Morgan fingerprint density at radius 1 is 1.30 bits per heavy atom. The molecule has 23 heavy (non-hydrogen) atoms. The van der Waals surface area contributed by atoms with Crippen LogP contribution >= 0.6 is 0 Å². The van der Waals surface area contributed by atoms with E-state index >= 15 is 0 Å². The zero-order chi connectivity index (χ0) is 16.7. The number of carbonyl (C=O) groups excluding carboxylic acids is 1. The Labute approximate surface area is 141 Å². The molecule has 0 saturated carbocycles. The van der Waals surface area contributed by atoms with E-state index in [0.717, 1.165) is 45.6 Å². The minimum absolute atomic E-state index is 0.315. The van der Waals surface area contributed by atoms with E-state index in [2.05, 4.69) is 32.0 Å². The number of aryl methyl sites for hydroxylation is 3. The highest BCUT2D eigenvalue weighted by atomic mass is 16.5. The summed E-state index contributed by atoms with van der Waals surface area (Å²) in [5.74, 6) is 0.836. The van der Waals surface area contributed by atoms with Gasteiger partial charge in [0.1, 0.15) is 0 Å². The molecule has 1 aliphatic heterocycles. The minimum atomic E-state index is 0.315. The lowest BCUT2D eigenvalue weighted by Crippen LogP contribution is -2.41. The number of piperidine rings is 1. The first kappa shape index (κ1) is 18.0. The summed E-state index contributed by atoms with van der Waals surface area (Å²) in [6, 6.07) is 6.61. The summed E-state index contributed by atoms with van der Waals surface area (Å²) in [5, 5.41) is 0. The SMILES string of the molecule is CCOCC1CCCN(C(=O)CCCc2ccc(C)c(C)c2)C1. The lowest BCUT2D eigenvalue weighted by molar-refractivity contribution is -0.133. The van der Waals surface area contributed by atoms with Gasteiger partial charge in [-0.2, -0.15) is 0 Å². The first-order valence-corrected chi connectivity index (χ1v) is 9.01. The van der Waals surface area contributed by atoms with Gasteiger partial charge in [0, 0.05) is 26.1 Å². The normalized spacial score (nSPS) is 18.2. The Hall–Kier alpha value is -1.35. The highest BCUT2D eigenvalue weighted by Gasteiger charge is 2.23. The number of amides is 1. The van der Waals surface area contributed by atoms with Crippen molar-refractivity contribution >= 4 is 5.91 Å². The van der Waals surface area contributed by atoms with E-state index in [0.29, 0.717) is 18.2 Å². The third-order valence-corrected chi connectivity index (χ3v) is 4.86. The number of carbonyl (C=O) groups is 1. The zero-order valence-electron chi connectivity index (χ0n) is 14.9. The molecule has 2 rings (SSSR count). The molecule has 0 aromatic heterocycles. The molecule has 1 fully saturated rings. The quantitative estimate of drug-likeness (QED) is 0.763. The van der Waals surface area contributed by atoms with Crippen LogP contribution in [0, 0.1) is 19.8 Å². The highest BCUT2D eigenvalue weighted by Crippen LogP contribution is 2.18. The van der Waals surface area contributed by atoms with Gasteiger partial charge < -0.3 is 9.64 Å². The first-order valence-electron chi connectivity index (χ1n) is 9.01. The molecule has 1 saturated heterocycles. The molecule has 1 amide bonds. The van der Waals surface area contributed by atoms with Gasteiger partial charge in [-0.05, 0) is 69.1 Å². The third-order valence-electron chi connectivity index (χ3n) is 4.86. The maximum Gasteiger partial charge on any atom is 0.222 e. The van der Waals surface area contributed by atoms with Gasteiger partial charge >= 0.3 is 0 Å². The number of ether oxygens (including phenoxy) is 1. The fourth-order valence-corrected chi connectivity index (χ4v) is 3.27. The van der Waals surface area contributed by atoms with Crippen molar-refractivity contribution in [2.45, 2.75) is 52.9 Å². The van der Waals surface area contributed by atoms with Gasteiger partial charge in [0.2, 0.25) is 5.91 Å². The van der Waals surface area contributed by atoms with Crippen LogP contribution in [0.4, 0.5) is 0 Å². The van der Waals surface area contributed by atoms with E-state index in [-0.39, 0.29) is 0 Å². The van der Waals surface area contributed by atoms with Crippen LogP contribution in [-0.2, 0) is 16.0 Å². The second kappa shape index (κ2) is 9.07. The molecule has 0 aliphatic carbocycles. The smallest absolute Gasteiger partial charge is 0.222 e. The van der Waals surface area contributed by atoms with E-state index in [9.17, 15) is 4.79 Å². The Balaban J connectivity index is 1.74. The molecule has 1 aliphatic rings. The third kappa shape index (κ3) is 5.65. The van der Waals surface area contributed by atoms with Crippen LogP contribution in [0.5, 0.6) is 0 Å². The predicted molar refractivity (Wildman–Crippen MR) is 94.7 cm³/mol. The van der Waals surface area contributed by atoms with Crippen LogP contribution < -0.4 is 0 Å². The number of hydrogen-bond acceptors (Lipinski definition) is 2. The van der Waals surface area contributed by atoms with Gasteiger partial charge in [-0.25, -0.2) is 0 Å². The van der Waals surface area contributed by atoms with E-state index in [1.54, 1.807) is 0 Å². The van der Waals surface area contributed by atoms with Gasteiger partial charge in [-0.3, -0.25) is 4.79 Å². The van der Waals surface area contributed by atoms with Crippen LogP contribution in [0.25, 0.3) is 0 Å². The number of benzene rings is 1. The Morgan fingerprint density at radius 2 is 2.13 bits per heavy atom. The van der Waals surface area contributed by atoms with E-state index in [1.807, 2.05) is 11.8 Å². The zero-order valence-corrected chi connectivity index (χ0v) is 14.9. The number of rotatable bonds is 7. The minimum Gasteiger partial charge on any atom is -0.381 e. The molecule has 0 radical (unpaired) electrons.